The van der Waals surface area contributed by atoms with Crippen molar-refractivity contribution in [1.29, 1.82) is 0 Å². The summed E-state index contributed by atoms with van der Waals surface area (Å²) in [6.45, 7) is 5.61. The topological polar surface area (TPSA) is 29.4 Å². The summed E-state index contributed by atoms with van der Waals surface area (Å²) in [5, 5.41) is 0. The molecule has 0 amide bonds. The van der Waals surface area contributed by atoms with E-state index in [0.29, 0.717) is 5.88 Å². The molecule has 0 aromatic heterocycles. The van der Waals surface area contributed by atoms with Gasteiger partial charge in [0.25, 0.3) is 0 Å². The molecule has 0 aromatic carbocycles. The Morgan fingerprint density at radius 1 is 1.60 bits per heavy atom. The van der Waals surface area contributed by atoms with Gasteiger partial charge in [0.05, 0.1) is 10.6 Å². The highest BCUT2D eigenvalue weighted by Gasteiger charge is 2.17. The standard InChI is InChI=1S/C6H12ClNOS/c1-6(2,3)10(9)8-5-4-7/h5H,4H2,1-3H3/b8-5+/t10-/m1/s1. The fourth-order valence-corrected chi connectivity index (χ4v) is 0.931. The van der Waals surface area contributed by atoms with Gasteiger partial charge in [0.15, 0.2) is 0 Å². The molecule has 0 rings (SSSR count). The Kier molecular flexibility index (Phi) is 4.13. The van der Waals surface area contributed by atoms with Crippen LogP contribution in [0.3, 0.4) is 0 Å². The number of hydrogen-bond acceptors (Lipinski definition) is 1. The van der Waals surface area contributed by atoms with E-state index in [1.165, 1.54) is 6.21 Å². The first-order chi connectivity index (χ1) is 4.48. The molecule has 0 aliphatic heterocycles. The van der Waals surface area contributed by atoms with Gasteiger partial charge >= 0.3 is 0 Å². The van der Waals surface area contributed by atoms with Gasteiger partial charge in [0, 0.05) is 6.21 Å². The van der Waals surface area contributed by atoms with Crippen LogP contribution in [0.1, 0.15) is 20.8 Å². The summed E-state index contributed by atoms with van der Waals surface area (Å²) in [5.74, 6) is 0.321. The van der Waals surface area contributed by atoms with Crippen molar-refractivity contribution >= 4 is 28.8 Å². The molecule has 0 saturated heterocycles. The normalized spacial score (nSPS) is 16.0. The maximum Gasteiger partial charge on any atom is 0.144 e. The Morgan fingerprint density at radius 3 is 2.40 bits per heavy atom. The van der Waals surface area contributed by atoms with E-state index in [1.807, 2.05) is 20.8 Å². The average Bonchev–Trinajstić information content (AvgIpc) is 1.80. The van der Waals surface area contributed by atoms with E-state index in [0.717, 1.165) is 0 Å². The number of halogens is 1. The van der Waals surface area contributed by atoms with Gasteiger partial charge in [-0.15, -0.1) is 11.6 Å². The minimum absolute atomic E-state index is 0.275. The van der Waals surface area contributed by atoms with E-state index >= 15 is 0 Å². The van der Waals surface area contributed by atoms with Gasteiger partial charge in [-0.2, -0.15) is 4.40 Å². The van der Waals surface area contributed by atoms with Crippen molar-refractivity contribution < 1.29 is 4.21 Å². The molecule has 0 radical (unpaired) electrons. The largest absolute Gasteiger partial charge is 0.234 e. The predicted octanol–water partition coefficient (Wildman–Crippen LogP) is 1.76. The Hall–Kier alpha value is 0.110. The number of rotatable bonds is 2. The van der Waals surface area contributed by atoms with Crippen LogP contribution in [0.4, 0.5) is 0 Å². The lowest BCUT2D eigenvalue weighted by molar-refractivity contribution is 0.651. The van der Waals surface area contributed by atoms with Crippen LogP contribution in [0.5, 0.6) is 0 Å². The molecule has 10 heavy (non-hydrogen) atoms. The summed E-state index contributed by atoms with van der Waals surface area (Å²) in [5.41, 5.74) is 0. The lowest BCUT2D eigenvalue weighted by atomic mass is 10.3. The molecule has 0 unspecified atom stereocenters. The average molecular weight is 182 g/mol. The van der Waals surface area contributed by atoms with Crippen LogP contribution in [0.15, 0.2) is 4.40 Å². The molecule has 0 aliphatic rings. The second kappa shape index (κ2) is 4.09. The first-order valence-corrected chi connectivity index (χ1v) is 4.63. The maximum atomic E-state index is 11.1. The Morgan fingerprint density at radius 2 is 2.10 bits per heavy atom. The molecule has 0 N–H and O–H groups in total. The Labute approximate surface area is 69.3 Å². The highest BCUT2D eigenvalue weighted by molar-refractivity contribution is 7.85. The lowest BCUT2D eigenvalue weighted by Gasteiger charge is -2.12. The summed E-state index contributed by atoms with van der Waals surface area (Å²) in [6, 6.07) is 0. The van der Waals surface area contributed by atoms with Crippen molar-refractivity contribution in [2.45, 2.75) is 25.5 Å². The van der Waals surface area contributed by atoms with Crippen LogP contribution in [-0.4, -0.2) is 21.1 Å². The minimum Gasteiger partial charge on any atom is -0.234 e. The second-order valence-electron chi connectivity index (χ2n) is 2.80. The van der Waals surface area contributed by atoms with Gasteiger partial charge in [-0.05, 0) is 20.8 Å². The Balaban J connectivity index is 3.98. The van der Waals surface area contributed by atoms with Gasteiger partial charge in [0.2, 0.25) is 0 Å². The zero-order chi connectivity index (χ0) is 8.20. The summed E-state index contributed by atoms with van der Waals surface area (Å²) in [7, 11) is -1.15. The molecule has 0 aliphatic carbocycles. The quantitative estimate of drug-likeness (QED) is 0.472. The molecular formula is C6H12ClNOS. The lowest BCUT2D eigenvalue weighted by Crippen LogP contribution is -2.19. The third-order valence-corrected chi connectivity index (χ3v) is 2.29. The molecule has 0 aromatic rings. The van der Waals surface area contributed by atoms with E-state index in [9.17, 15) is 4.21 Å². The van der Waals surface area contributed by atoms with Crippen LogP contribution in [0.25, 0.3) is 0 Å². The highest BCUT2D eigenvalue weighted by Crippen LogP contribution is 2.11. The zero-order valence-electron chi connectivity index (χ0n) is 6.43. The summed E-state index contributed by atoms with van der Waals surface area (Å²) >= 11 is 5.31. The number of nitrogens with zero attached hydrogens (tertiary/aromatic N) is 1. The summed E-state index contributed by atoms with van der Waals surface area (Å²) in [4.78, 5) is 0. The van der Waals surface area contributed by atoms with Crippen molar-refractivity contribution in [1.82, 2.24) is 0 Å². The fraction of sp³-hybridized carbons (Fsp3) is 0.833. The molecule has 0 heterocycles. The van der Waals surface area contributed by atoms with Gasteiger partial charge in [0.1, 0.15) is 11.0 Å². The smallest absolute Gasteiger partial charge is 0.144 e. The minimum atomic E-state index is -1.15. The number of alkyl halides is 1. The summed E-state index contributed by atoms with van der Waals surface area (Å²) in [6.07, 6.45) is 1.46. The summed E-state index contributed by atoms with van der Waals surface area (Å²) < 4.78 is 14.5. The molecule has 0 fully saturated rings. The zero-order valence-corrected chi connectivity index (χ0v) is 8.00. The first-order valence-electron chi connectivity index (χ1n) is 2.99. The van der Waals surface area contributed by atoms with Crippen LogP contribution < -0.4 is 0 Å². The van der Waals surface area contributed by atoms with Gasteiger partial charge in [-0.25, -0.2) is 4.21 Å². The van der Waals surface area contributed by atoms with E-state index in [1.54, 1.807) is 0 Å². The third-order valence-electron chi connectivity index (χ3n) is 0.763. The third kappa shape index (κ3) is 4.01. The van der Waals surface area contributed by atoms with Crippen molar-refractivity contribution in [3.63, 3.8) is 0 Å². The predicted molar refractivity (Wildman–Crippen MR) is 47.1 cm³/mol. The van der Waals surface area contributed by atoms with Gasteiger partial charge in [-0.3, -0.25) is 0 Å². The molecule has 2 nitrogen and oxygen atoms in total. The Bertz CT molecular complexity index is 150. The molecule has 0 saturated carbocycles. The second-order valence-corrected chi connectivity index (χ2v) is 5.05. The van der Waals surface area contributed by atoms with Crippen molar-refractivity contribution in [3.05, 3.63) is 0 Å². The maximum absolute atomic E-state index is 11.1. The fourth-order valence-electron chi connectivity index (χ4n) is 0.254. The van der Waals surface area contributed by atoms with Crippen LogP contribution in [-0.2, 0) is 11.0 Å². The van der Waals surface area contributed by atoms with E-state index in [-0.39, 0.29) is 4.75 Å². The van der Waals surface area contributed by atoms with E-state index < -0.39 is 11.0 Å². The van der Waals surface area contributed by atoms with Crippen molar-refractivity contribution in [2.75, 3.05) is 5.88 Å². The monoisotopic (exact) mass is 181 g/mol. The van der Waals surface area contributed by atoms with Crippen LogP contribution >= 0.6 is 11.6 Å². The van der Waals surface area contributed by atoms with Gasteiger partial charge < -0.3 is 0 Å². The molecule has 1 atom stereocenters. The SMILES string of the molecule is CC(C)(C)[S@@](=O)/N=C/CCl. The molecule has 4 heteroatoms. The van der Waals surface area contributed by atoms with Gasteiger partial charge in [-0.1, -0.05) is 0 Å². The highest BCUT2D eigenvalue weighted by atomic mass is 35.5. The molecule has 0 bridgehead atoms. The molecule has 0 spiro atoms. The van der Waals surface area contributed by atoms with E-state index in [2.05, 4.69) is 4.40 Å². The van der Waals surface area contributed by atoms with Crippen molar-refractivity contribution in [2.24, 2.45) is 4.40 Å². The van der Waals surface area contributed by atoms with Crippen LogP contribution in [0.2, 0.25) is 0 Å². The first kappa shape index (κ1) is 10.1. The molecule has 60 valence electrons. The number of hydrogen-bond donors (Lipinski definition) is 0. The van der Waals surface area contributed by atoms with Crippen molar-refractivity contribution in [3.8, 4) is 0 Å². The van der Waals surface area contributed by atoms with E-state index in [4.69, 9.17) is 11.6 Å². The molecular weight excluding hydrogens is 170 g/mol. The van der Waals surface area contributed by atoms with Crippen LogP contribution in [0, 0.1) is 0 Å².